The van der Waals surface area contributed by atoms with Gasteiger partial charge < -0.3 is 9.64 Å². The third kappa shape index (κ3) is 4.66. The highest BCUT2D eigenvalue weighted by molar-refractivity contribution is 5.82. The van der Waals surface area contributed by atoms with Crippen LogP contribution in [0.15, 0.2) is 54.7 Å². The van der Waals surface area contributed by atoms with Crippen LogP contribution in [0.25, 0.3) is 0 Å². The molecule has 0 amide bonds. The first-order valence-electron chi connectivity index (χ1n) is 9.66. The van der Waals surface area contributed by atoms with Gasteiger partial charge in [-0.1, -0.05) is 36.4 Å². The molecule has 0 radical (unpaired) electrons. The first-order chi connectivity index (χ1) is 13.1. The predicted molar refractivity (Wildman–Crippen MR) is 108 cm³/mol. The summed E-state index contributed by atoms with van der Waals surface area (Å²) in [6.45, 7) is 7.02. The van der Waals surface area contributed by atoms with E-state index >= 15 is 0 Å². The van der Waals surface area contributed by atoms with Gasteiger partial charge in [0.25, 0.3) is 0 Å². The highest BCUT2D eigenvalue weighted by Gasteiger charge is 2.35. The van der Waals surface area contributed by atoms with E-state index in [1.807, 2.05) is 55.6 Å². The monoisotopic (exact) mass is 367 g/mol. The number of benzene rings is 1. The number of carbonyl (C=O) groups excluding carboxylic acids is 1. The molecule has 144 valence electrons. The van der Waals surface area contributed by atoms with Gasteiger partial charge in [-0.15, -0.1) is 0 Å². The van der Waals surface area contributed by atoms with Gasteiger partial charge in [0.15, 0.2) is 0 Å². The molecule has 1 fully saturated rings. The summed E-state index contributed by atoms with van der Waals surface area (Å²) in [5.74, 6) is 0.896. The summed E-state index contributed by atoms with van der Waals surface area (Å²) in [6, 6.07) is 16.0. The van der Waals surface area contributed by atoms with Crippen LogP contribution >= 0.6 is 0 Å². The number of esters is 1. The second-order valence-electron chi connectivity index (χ2n) is 7.31. The van der Waals surface area contributed by atoms with Crippen molar-refractivity contribution in [2.24, 2.45) is 0 Å². The van der Waals surface area contributed by atoms with Crippen LogP contribution in [-0.4, -0.2) is 55.7 Å². The molecule has 2 aromatic rings. The summed E-state index contributed by atoms with van der Waals surface area (Å²) < 4.78 is 5.11. The van der Waals surface area contributed by atoms with E-state index < -0.39 is 5.41 Å². The lowest BCUT2D eigenvalue weighted by molar-refractivity contribution is -0.147. The number of aromatic nitrogens is 1. The van der Waals surface area contributed by atoms with E-state index in [0.717, 1.165) is 56.9 Å². The second-order valence-corrected chi connectivity index (χ2v) is 7.31. The van der Waals surface area contributed by atoms with Crippen molar-refractivity contribution in [3.63, 3.8) is 0 Å². The topological polar surface area (TPSA) is 45.7 Å². The first kappa shape index (κ1) is 19.4. The average molecular weight is 367 g/mol. The minimum absolute atomic E-state index is 0.159. The Morgan fingerprint density at radius 3 is 2.41 bits per heavy atom. The Morgan fingerprint density at radius 2 is 1.78 bits per heavy atom. The molecule has 0 aliphatic carbocycles. The Bertz CT molecular complexity index is 715. The van der Waals surface area contributed by atoms with E-state index in [1.54, 1.807) is 0 Å². The normalized spacial score (nSPS) is 17.3. The molecular formula is C22H29N3O2. The zero-order chi connectivity index (χ0) is 19.1. The first-order valence-corrected chi connectivity index (χ1v) is 9.66. The van der Waals surface area contributed by atoms with E-state index in [0.29, 0.717) is 0 Å². The molecule has 1 aliphatic heterocycles. The Kier molecular flexibility index (Phi) is 6.45. The van der Waals surface area contributed by atoms with Crippen molar-refractivity contribution in [1.82, 2.24) is 9.88 Å². The molecule has 1 aromatic heterocycles. The summed E-state index contributed by atoms with van der Waals surface area (Å²) in [7, 11) is 1.47. The Balaban J connectivity index is 1.52. The number of rotatable bonds is 7. The molecule has 0 bridgehead atoms. The molecule has 1 aromatic carbocycles. The fourth-order valence-electron chi connectivity index (χ4n) is 3.79. The lowest BCUT2D eigenvalue weighted by atomic mass is 9.78. The molecule has 1 atom stereocenters. The van der Waals surface area contributed by atoms with Crippen LogP contribution in [0.3, 0.4) is 0 Å². The number of carbonyl (C=O) groups is 1. The van der Waals surface area contributed by atoms with E-state index in [-0.39, 0.29) is 5.97 Å². The fourth-order valence-corrected chi connectivity index (χ4v) is 3.79. The average Bonchev–Trinajstić information content (AvgIpc) is 2.74. The fraction of sp³-hybridized carbons (Fsp3) is 0.455. The van der Waals surface area contributed by atoms with Crippen LogP contribution in [0.5, 0.6) is 0 Å². The zero-order valence-corrected chi connectivity index (χ0v) is 16.3. The van der Waals surface area contributed by atoms with Crippen molar-refractivity contribution < 1.29 is 9.53 Å². The van der Waals surface area contributed by atoms with Gasteiger partial charge in [0.2, 0.25) is 0 Å². The molecule has 3 rings (SSSR count). The zero-order valence-electron chi connectivity index (χ0n) is 16.3. The van der Waals surface area contributed by atoms with Gasteiger partial charge in [0.1, 0.15) is 5.82 Å². The maximum atomic E-state index is 12.5. The van der Waals surface area contributed by atoms with E-state index in [1.165, 1.54) is 7.11 Å². The standard InChI is InChI=1S/C22H29N3O2/c1-22(21(26)27-2,19-9-4-3-5-10-19)12-8-14-24-15-17-25(18-16-24)20-11-6-7-13-23-20/h3-7,9-11,13H,8,12,14-18H2,1-2H3. The van der Waals surface area contributed by atoms with Gasteiger partial charge in [-0.2, -0.15) is 0 Å². The highest BCUT2D eigenvalue weighted by Crippen LogP contribution is 2.30. The van der Waals surface area contributed by atoms with E-state index in [2.05, 4.69) is 20.9 Å². The molecule has 5 nitrogen and oxygen atoms in total. The maximum absolute atomic E-state index is 12.5. The van der Waals surface area contributed by atoms with E-state index in [9.17, 15) is 4.79 Å². The predicted octanol–water partition coefficient (Wildman–Crippen LogP) is 3.11. The smallest absolute Gasteiger partial charge is 0.315 e. The third-order valence-electron chi connectivity index (χ3n) is 5.54. The van der Waals surface area contributed by atoms with Gasteiger partial charge in [0, 0.05) is 32.4 Å². The largest absolute Gasteiger partial charge is 0.468 e. The summed E-state index contributed by atoms with van der Waals surface area (Å²) >= 11 is 0. The van der Waals surface area contributed by atoms with Crippen LogP contribution in [-0.2, 0) is 14.9 Å². The number of piperazine rings is 1. The summed E-state index contributed by atoms with van der Waals surface area (Å²) in [4.78, 5) is 21.7. The summed E-state index contributed by atoms with van der Waals surface area (Å²) in [5, 5.41) is 0. The molecule has 0 spiro atoms. The number of hydrogen-bond donors (Lipinski definition) is 0. The lowest BCUT2D eigenvalue weighted by Crippen LogP contribution is -2.47. The van der Waals surface area contributed by atoms with Crippen molar-refractivity contribution in [2.75, 3.05) is 44.7 Å². The number of pyridine rings is 1. The molecule has 1 saturated heterocycles. The van der Waals surface area contributed by atoms with Gasteiger partial charge in [-0.3, -0.25) is 9.69 Å². The second kappa shape index (κ2) is 9.00. The Labute approximate surface area is 162 Å². The summed E-state index contributed by atoms with van der Waals surface area (Å²) in [6.07, 6.45) is 3.59. The lowest BCUT2D eigenvalue weighted by Gasteiger charge is -2.36. The summed E-state index contributed by atoms with van der Waals surface area (Å²) in [5.41, 5.74) is 0.433. The van der Waals surface area contributed by atoms with Crippen LogP contribution in [0, 0.1) is 0 Å². The van der Waals surface area contributed by atoms with Crippen molar-refractivity contribution in [3.05, 3.63) is 60.3 Å². The molecule has 0 saturated carbocycles. The maximum Gasteiger partial charge on any atom is 0.315 e. The highest BCUT2D eigenvalue weighted by atomic mass is 16.5. The van der Waals surface area contributed by atoms with Gasteiger partial charge in [0.05, 0.1) is 12.5 Å². The minimum Gasteiger partial charge on any atom is -0.468 e. The number of hydrogen-bond acceptors (Lipinski definition) is 5. The molecular weight excluding hydrogens is 338 g/mol. The molecule has 0 N–H and O–H groups in total. The van der Waals surface area contributed by atoms with Crippen molar-refractivity contribution in [1.29, 1.82) is 0 Å². The van der Waals surface area contributed by atoms with E-state index in [4.69, 9.17) is 4.74 Å². The van der Waals surface area contributed by atoms with Gasteiger partial charge in [-0.05, 0) is 44.0 Å². The SMILES string of the molecule is COC(=O)C(C)(CCCN1CCN(c2ccccn2)CC1)c1ccccc1. The minimum atomic E-state index is -0.591. The van der Waals surface area contributed by atoms with Gasteiger partial charge >= 0.3 is 5.97 Å². The number of anilines is 1. The van der Waals surface area contributed by atoms with Crippen LogP contribution in [0.2, 0.25) is 0 Å². The van der Waals surface area contributed by atoms with Crippen molar-refractivity contribution in [2.45, 2.75) is 25.2 Å². The van der Waals surface area contributed by atoms with Gasteiger partial charge in [-0.25, -0.2) is 4.98 Å². The quantitative estimate of drug-likeness (QED) is 0.704. The molecule has 1 aliphatic rings. The van der Waals surface area contributed by atoms with Crippen LogP contribution < -0.4 is 4.90 Å². The van der Waals surface area contributed by atoms with Crippen LogP contribution in [0.4, 0.5) is 5.82 Å². The Morgan fingerprint density at radius 1 is 1.07 bits per heavy atom. The molecule has 2 heterocycles. The Hall–Kier alpha value is -2.40. The van der Waals surface area contributed by atoms with Crippen molar-refractivity contribution in [3.8, 4) is 0 Å². The molecule has 27 heavy (non-hydrogen) atoms. The number of methoxy groups -OCH3 is 1. The molecule has 5 heteroatoms. The van der Waals surface area contributed by atoms with Crippen LogP contribution in [0.1, 0.15) is 25.3 Å². The van der Waals surface area contributed by atoms with Crippen molar-refractivity contribution >= 4 is 11.8 Å². The number of ether oxygens (including phenoxy) is 1. The number of nitrogens with zero attached hydrogens (tertiary/aromatic N) is 3. The molecule has 1 unspecified atom stereocenters. The third-order valence-corrected chi connectivity index (χ3v) is 5.54.